The Morgan fingerprint density at radius 3 is 2.60 bits per heavy atom. The molecule has 4 rings (SSSR count). The van der Waals surface area contributed by atoms with Gasteiger partial charge in [-0.1, -0.05) is 48.5 Å². The summed E-state index contributed by atoms with van der Waals surface area (Å²) in [5, 5.41) is 0.702. The molecule has 0 N–H and O–H groups in total. The van der Waals surface area contributed by atoms with Gasteiger partial charge in [0.25, 0.3) is 0 Å². The zero-order chi connectivity index (χ0) is 13.7. The standard InChI is InChI=1S/C17H13ClO2/c1-11-15-8-14(18)7-6-12(15)9-19-17(11)16-5-3-2-4-13(16)10-20-17/h2-8H,1,9-10H2. The van der Waals surface area contributed by atoms with E-state index in [0.717, 1.165) is 27.8 Å². The number of benzene rings is 2. The van der Waals surface area contributed by atoms with Crippen LogP contribution in [0, 0.1) is 0 Å². The number of halogens is 1. The zero-order valence-corrected chi connectivity index (χ0v) is 11.6. The molecular formula is C17H13ClO2. The summed E-state index contributed by atoms with van der Waals surface area (Å²) in [7, 11) is 0. The Morgan fingerprint density at radius 2 is 1.75 bits per heavy atom. The fourth-order valence-corrected chi connectivity index (χ4v) is 3.16. The largest absolute Gasteiger partial charge is 0.337 e. The number of ether oxygens (including phenoxy) is 2. The molecule has 2 aliphatic rings. The van der Waals surface area contributed by atoms with E-state index in [1.165, 1.54) is 0 Å². The molecule has 20 heavy (non-hydrogen) atoms. The Hall–Kier alpha value is -1.61. The summed E-state index contributed by atoms with van der Waals surface area (Å²) in [6.45, 7) is 5.27. The quantitative estimate of drug-likeness (QED) is 0.719. The third kappa shape index (κ3) is 1.53. The van der Waals surface area contributed by atoms with Crippen LogP contribution >= 0.6 is 11.6 Å². The van der Waals surface area contributed by atoms with Crippen molar-refractivity contribution in [3.63, 3.8) is 0 Å². The van der Waals surface area contributed by atoms with Crippen LogP contribution in [0.1, 0.15) is 22.3 Å². The van der Waals surface area contributed by atoms with Crippen molar-refractivity contribution in [2.75, 3.05) is 0 Å². The first kappa shape index (κ1) is 12.2. The predicted octanol–water partition coefficient (Wildman–Crippen LogP) is 4.27. The lowest BCUT2D eigenvalue weighted by Crippen LogP contribution is -2.34. The monoisotopic (exact) mass is 284 g/mol. The van der Waals surface area contributed by atoms with Gasteiger partial charge < -0.3 is 9.47 Å². The number of hydrogen-bond acceptors (Lipinski definition) is 2. The van der Waals surface area contributed by atoms with Crippen LogP contribution in [-0.4, -0.2) is 0 Å². The van der Waals surface area contributed by atoms with Gasteiger partial charge in [-0.2, -0.15) is 0 Å². The molecule has 3 heteroatoms. The van der Waals surface area contributed by atoms with E-state index in [1.807, 2.05) is 36.4 Å². The van der Waals surface area contributed by atoms with Crippen molar-refractivity contribution in [3.8, 4) is 0 Å². The van der Waals surface area contributed by atoms with E-state index in [2.05, 4.69) is 12.6 Å². The average molecular weight is 285 g/mol. The van der Waals surface area contributed by atoms with Crippen molar-refractivity contribution in [2.24, 2.45) is 0 Å². The summed E-state index contributed by atoms with van der Waals surface area (Å²) in [5.74, 6) is -0.853. The molecule has 2 aromatic carbocycles. The highest BCUT2D eigenvalue weighted by Gasteiger charge is 2.47. The smallest absolute Gasteiger partial charge is 0.223 e. The summed E-state index contributed by atoms with van der Waals surface area (Å²) in [5.41, 5.74) is 5.15. The Balaban J connectivity index is 1.89. The molecule has 0 bridgehead atoms. The van der Waals surface area contributed by atoms with Gasteiger partial charge >= 0.3 is 0 Å². The molecule has 0 aliphatic carbocycles. The van der Waals surface area contributed by atoms with Crippen LogP contribution in [0.5, 0.6) is 0 Å². The van der Waals surface area contributed by atoms with E-state index in [-0.39, 0.29) is 0 Å². The first-order valence-electron chi connectivity index (χ1n) is 6.55. The van der Waals surface area contributed by atoms with Crippen LogP contribution < -0.4 is 0 Å². The van der Waals surface area contributed by atoms with Gasteiger partial charge in [0, 0.05) is 16.2 Å². The maximum Gasteiger partial charge on any atom is 0.223 e. The highest BCUT2D eigenvalue weighted by molar-refractivity contribution is 6.30. The van der Waals surface area contributed by atoms with Gasteiger partial charge in [-0.05, 0) is 28.8 Å². The molecule has 2 heterocycles. The maximum absolute atomic E-state index is 6.11. The van der Waals surface area contributed by atoms with Gasteiger partial charge in [0.05, 0.1) is 13.2 Å². The molecule has 0 saturated carbocycles. The topological polar surface area (TPSA) is 18.5 Å². The van der Waals surface area contributed by atoms with Crippen molar-refractivity contribution in [3.05, 3.63) is 76.3 Å². The van der Waals surface area contributed by atoms with Gasteiger partial charge in [0.1, 0.15) is 0 Å². The second-order valence-electron chi connectivity index (χ2n) is 5.13. The SMILES string of the molecule is C=C1c2cc(Cl)ccc2COC12OCc1ccccc12. The normalized spacial score (nSPS) is 23.8. The van der Waals surface area contributed by atoms with Crippen LogP contribution in [0.15, 0.2) is 49.0 Å². The van der Waals surface area contributed by atoms with E-state index < -0.39 is 5.79 Å². The van der Waals surface area contributed by atoms with Gasteiger partial charge in [0.15, 0.2) is 0 Å². The first-order valence-corrected chi connectivity index (χ1v) is 6.93. The lowest BCUT2D eigenvalue weighted by Gasteiger charge is -2.36. The Morgan fingerprint density at radius 1 is 1.00 bits per heavy atom. The molecule has 0 fully saturated rings. The van der Waals surface area contributed by atoms with Gasteiger partial charge in [0.2, 0.25) is 5.79 Å². The molecule has 2 aliphatic heterocycles. The van der Waals surface area contributed by atoms with Crippen LogP contribution in [0.4, 0.5) is 0 Å². The van der Waals surface area contributed by atoms with Crippen molar-refractivity contribution in [2.45, 2.75) is 19.0 Å². The number of hydrogen-bond donors (Lipinski definition) is 0. The van der Waals surface area contributed by atoms with E-state index >= 15 is 0 Å². The summed E-state index contributed by atoms with van der Waals surface area (Å²) in [6.07, 6.45) is 0. The second kappa shape index (κ2) is 4.19. The average Bonchev–Trinajstić information content (AvgIpc) is 2.84. The summed E-state index contributed by atoms with van der Waals surface area (Å²) in [6, 6.07) is 13.9. The third-order valence-corrected chi connectivity index (χ3v) is 4.26. The first-order chi connectivity index (χ1) is 9.71. The molecule has 0 amide bonds. The molecule has 2 aromatic rings. The van der Waals surface area contributed by atoms with E-state index in [1.54, 1.807) is 0 Å². The van der Waals surface area contributed by atoms with Crippen LogP contribution in [0.25, 0.3) is 5.57 Å². The molecule has 1 unspecified atom stereocenters. The minimum atomic E-state index is -0.853. The molecule has 0 radical (unpaired) electrons. The van der Waals surface area contributed by atoms with Crippen molar-refractivity contribution in [1.82, 2.24) is 0 Å². The third-order valence-electron chi connectivity index (χ3n) is 4.03. The van der Waals surface area contributed by atoms with Gasteiger partial charge in [-0.15, -0.1) is 0 Å². The van der Waals surface area contributed by atoms with Crippen LogP contribution in [0.3, 0.4) is 0 Å². The Labute approximate surface area is 122 Å². The summed E-state index contributed by atoms with van der Waals surface area (Å²) >= 11 is 6.11. The van der Waals surface area contributed by atoms with E-state index in [4.69, 9.17) is 21.1 Å². The molecule has 2 nitrogen and oxygen atoms in total. The minimum Gasteiger partial charge on any atom is -0.337 e. The Kier molecular flexibility index (Phi) is 2.55. The highest BCUT2D eigenvalue weighted by atomic mass is 35.5. The molecule has 1 atom stereocenters. The van der Waals surface area contributed by atoms with Crippen LogP contribution in [0.2, 0.25) is 5.02 Å². The molecular weight excluding hydrogens is 272 g/mol. The van der Waals surface area contributed by atoms with Crippen LogP contribution in [-0.2, 0) is 28.5 Å². The van der Waals surface area contributed by atoms with E-state index in [9.17, 15) is 0 Å². The lowest BCUT2D eigenvalue weighted by molar-refractivity contribution is -0.207. The fourth-order valence-electron chi connectivity index (χ4n) is 2.99. The highest BCUT2D eigenvalue weighted by Crippen LogP contribution is 2.50. The number of rotatable bonds is 0. The van der Waals surface area contributed by atoms with E-state index in [0.29, 0.717) is 18.2 Å². The fraction of sp³-hybridized carbons (Fsp3) is 0.176. The zero-order valence-electron chi connectivity index (χ0n) is 10.9. The molecule has 0 aromatic heterocycles. The Bertz CT molecular complexity index is 723. The summed E-state index contributed by atoms with van der Waals surface area (Å²) in [4.78, 5) is 0. The molecule has 0 saturated heterocycles. The van der Waals surface area contributed by atoms with Gasteiger partial charge in [-0.25, -0.2) is 0 Å². The minimum absolute atomic E-state index is 0.500. The van der Waals surface area contributed by atoms with Crippen molar-refractivity contribution < 1.29 is 9.47 Å². The number of fused-ring (bicyclic) bond motifs is 3. The molecule has 1 spiro atoms. The maximum atomic E-state index is 6.11. The molecule has 100 valence electrons. The lowest BCUT2D eigenvalue weighted by atomic mass is 9.87. The second-order valence-corrected chi connectivity index (χ2v) is 5.57. The van der Waals surface area contributed by atoms with Crippen molar-refractivity contribution >= 4 is 17.2 Å². The summed E-state index contributed by atoms with van der Waals surface area (Å²) < 4.78 is 12.1. The van der Waals surface area contributed by atoms with Crippen molar-refractivity contribution in [1.29, 1.82) is 0 Å². The van der Waals surface area contributed by atoms with Gasteiger partial charge in [-0.3, -0.25) is 0 Å². The predicted molar refractivity (Wildman–Crippen MR) is 78.2 cm³/mol.